The number of nitrogens with one attached hydrogen (secondary N) is 1. The van der Waals surface area contributed by atoms with Crippen molar-refractivity contribution in [1.29, 1.82) is 0 Å². The lowest BCUT2D eigenvalue weighted by molar-refractivity contribution is -0.384. The van der Waals surface area contributed by atoms with Crippen LogP contribution in [0.1, 0.15) is 6.42 Å². The summed E-state index contributed by atoms with van der Waals surface area (Å²) < 4.78 is 5.10. The van der Waals surface area contributed by atoms with Gasteiger partial charge in [0.2, 0.25) is 0 Å². The third-order valence-electron chi connectivity index (χ3n) is 3.34. The fourth-order valence-corrected chi connectivity index (χ4v) is 2.47. The van der Waals surface area contributed by atoms with Crippen LogP contribution in [0.2, 0.25) is 5.02 Å². The van der Waals surface area contributed by atoms with Crippen LogP contribution in [0.3, 0.4) is 0 Å². The first-order valence-electron chi connectivity index (χ1n) is 6.89. The number of hydrogen-bond donors (Lipinski definition) is 1. The summed E-state index contributed by atoms with van der Waals surface area (Å²) in [6, 6.07) is 2.87. The van der Waals surface area contributed by atoms with Crippen molar-refractivity contribution in [3.8, 4) is 5.75 Å². The van der Waals surface area contributed by atoms with Gasteiger partial charge in [-0.25, -0.2) is 0 Å². The highest BCUT2D eigenvalue weighted by atomic mass is 35.5. The molecule has 0 unspecified atom stereocenters. The molecular weight excluding hydrogens is 308 g/mol. The van der Waals surface area contributed by atoms with Crippen molar-refractivity contribution < 1.29 is 9.66 Å². The molecule has 1 heterocycles. The van der Waals surface area contributed by atoms with Crippen LogP contribution < -0.4 is 10.1 Å². The molecule has 22 heavy (non-hydrogen) atoms. The van der Waals surface area contributed by atoms with E-state index in [1.165, 1.54) is 13.2 Å². The Morgan fingerprint density at radius 3 is 2.82 bits per heavy atom. The van der Waals surface area contributed by atoms with Crippen molar-refractivity contribution >= 4 is 23.0 Å². The second-order valence-electron chi connectivity index (χ2n) is 5.05. The molecule has 1 aliphatic heterocycles. The van der Waals surface area contributed by atoms with Crippen LogP contribution >= 0.6 is 11.6 Å². The minimum atomic E-state index is -0.453. The highest BCUT2D eigenvalue weighted by Gasteiger charge is 2.18. The zero-order valence-electron chi connectivity index (χ0n) is 12.6. The monoisotopic (exact) mass is 326 g/mol. The first-order valence-corrected chi connectivity index (χ1v) is 7.27. The molecule has 0 bridgehead atoms. The van der Waals surface area contributed by atoms with Gasteiger partial charge in [-0.2, -0.15) is 0 Å². The lowest BCUT2D eigenvalue weighted by atomic mass is 10.2. The van der Waals surface area contributed by atoms with Crippen molar-refractivity contribution in [2.24, 2.45) is 0 Å². The van der Waals surface area contributed by atoms with E-state index in [1.807, 2.05) is 19.4 Å². The summed E-state index contributed by atoms with van der Waals surface area (Å²) in [4.78, 5) is 14.9. The molecule has 0 aromatic heterocycles. The summed E-state index contributed by atoms with van der Waals surface area (Å²) in [6.07, 6.45) is 4.91. The van der Waals surface area contributed by atoms with Crippen molar-refractivity contribution in [2.75, 3.05) is 39.2 Å². The third kappa shape index (κ3) is 3.94. The zero-order valence-corrected chi connectivity index (χ0v) is 13.3. The van der Waals surface area contributed by atoms with E-state index < -0.39 is 4.92 Å². The predicted octanol–water partition coefficient (Wildman–Crippen LogP) is 2.73. The van der Waals surface area contributed by atoms with E-state index in [9.17, 15) is 10.1 Å². The molecule has 0 radical (unpaired) electrons. The maximum absolute atomic E-state index is 11.1. The van der Waals surface area contributed by atoms with Gasteiger partial charge in [-0.05, 0) is 6.42 Å². The largest absolute Gasteiger partial charge is 0.495 e. The van der Waals surface area contributed by atoms with Gasteiger partial charge in [0.15, 0.2) is 0 Å². The van der Waals surface area contributed by atoms with Crippen molar-refractivity contribution in [3.63, 3.8) is 0 Å². The Bertz CT molecular complexity index is 579. The van der Waals surface area contributed by atoms with E-state index in [0.29, 0.717) is 18.0 Å². The highest BCUT2D eigenvalue weighted by Crippen LogP contribution is 2.35. The molecule has 0 amide bonds. The molecule has 120 valence electrons. The zero-order chi connectivity index (χ0) is 16.1. The average molecular weight is 327 g/mol. The molecule has 0 fully saturated rings. The Morgan fingerprint density at radius 2 is 2.23 bits per heavy atom. The van der Waals surface area contributed by atoms with Gasteiger partial charge in [-0.1, -0.05) is 11.6 Å². The third-order valence-corrected chi connectivity index (χ3v) is 3.64. The Kier molecular flexibility index (Phi) is 5.32. The lowest BCUT2D eigenvalue weighted by Crippen LogP contribution is -2.24. The fourth-order valence-electron chi connectivity index (χ4n) is 2.23. The maximum atomic E-state index is 11.1. The number of rotatable bonds is 7. The van der Waals surface area contributed by atoms with Crippen molar-refractivity contribution in [3.05, 3.63) is 39.7 Å². The first-order chi connectivity index (χ1) is 10.5. The molecule has 1 aromatic carbocycles. The van der Waals surface area contributed by atoms with Gasteiger partial charge in [-0.15, -0.1) is 0 Å². The number of nitrogens with zero attached hydrogens (tertiary/aromatic N) is 3. The van der Waals surface area contributed by atoms with Gasteiger partial charge in [0.25, 0.3) is 5.69 Å². The van der Waals surface area contributed by atoms with Gasteiger partial charge in [0.1, 0.15) is 11.4 Å². The summed E-state index contributed by atoms with van der Waals surface area (Å²) in [6.45, 7) is 2.38. The van der Waals surface area contributed by atoms with Crippen molar-refractivity contribution in [2.45, 2.75) is 6.42 Å². The minimum Gasteiger partial charge on any atom is -0.495 e. The molecule has 1 N–H and O–H groups in total. The lowest BCUT2D eigenvalue weighted by Gasteiger charge is -2.18. The second kappa shape index (κ2) is 7.22. The number of nitro benzene ring substituents is 1. The van der Waals surface area contributed by atoms with Crippen LogP contribution in [0, 0.1) is 10.1 Å². The van der Waals surface area contributed by atoms with E-state index in [1.54, 1.807) is 6.07 Å². The second-order valence-corrected chi connectivity index (χ2v) is 5.46. The first kappa shape index (κ1) is 16.2. The highest BCUT2D eigenvalue weighted by molar-refractivity contribution is 6.32. The summed E-state index contributed by atoms with van der Waals surface area (Å²) in [5, 5.41) is 14.4. The maximum Gasteiger partial charge on any atom is 0.294 e. The SMILES string of the molecule is COc1cc(NCCCN2C=CN(C)C2)c([N+](=O)[O-])cc1Cl. The van der Waals surface area contributed by atoms with Crippen LogP contribution in [0.15, 0.2) is 24.5 Å². The van der Waals surface area contributed by atoms with E-state index in [-0.39, 0.29) is 10.7 Å². The minimum absolute atomic E-state index is 0.0494. The van der Waals surface area contributed by atoms with Gasteiger partial charge >= 0.3 is 0 Å². The van der Waals surface area contributed by atoms with Crippen LogP contribution in [0.25, 0.3) is 0 Å². The molecule has 0 saturated carbocycles. The quantitative estimate of drug-likeness (QED) is 0.472. The van der Waals surface area contributed by atoms with Gasteiger partial charge in [0.05, 0.1) is 23.7 Å². The molecule has 0 atom stereocenters. The van der Waals surface area contributed by atoms with Crippen LogP contribution in [0.4, 0.5) is 11.4 Å². The van der Waals surface area contributed by atoms with E-state index >= 15 is 0 Å². The Labute approximate surface area is 134 Å². The molecule has 0 aliphatic carbocycles. The Balaban J connectivity index is 1.93. The average Bonchev–Trinajstić information content (AvgIpc) is 2.89. The van der Waals surface area contributed by atoms with E-state index in [4.69, 9.17) is 16.3 Å². The number of benzene rings is 1. The van der Waals surface area contributed by atoms with Crippen LogP contribution in [-0.2, 0) is 0 Å². The van der Waals surface area contributed by atoms with E-state index in [0.717, 1.165) is 19.6 Å². The molecule has 2 rings (SSSR count). The summed E-state index contributed by atoms with van der Waals surface area (Å²) in [7, 11) is 3.49. The molecule has 1 aliphatic rings. The van der Waals surface area contributed by atoms with E-state index in [2.05, 4.69) is 15.1 Å². The summed E-state index contributed by atoms with van der Waals surface area (Å²) in [5.41, 5.74) is 0.368. The van der Waals surface area contributed by atoms with Crippen molar-refractivity contribution in [1.82, 2.24) is 9.80 Å². The van der Waals surface area contributed by atoms with Crippen LogP contribution in [-0.4, -0.2) is 48.6 Å². The number of anilines is 1. The number of halogens is 1. The smallest absolute Gasteiger partial charge is 0.294 e. The van der Waals surface area contributed by atoms with Gasteiger partial charge in [-0.3, -0.25) is 10.1 Å². The number of methoxy groups -OCH3 is 1. The van der Waals surface area contributed by atoms with Gasteiger partial charge < -0.3 is 19.9 Å². The Hall–Kier alpha value is -2.15. The standard InChI is InChI=1S/C14H19ClN4O3/c1-17-6-7-18(10-17)5-3-4-16-12-9-14(22-2)11(15)8-13(12)19(20)21/h6-9,16H,3-5,10H2,1-2H3. The molecular formula is C14H19ClN4O3. The molecule has 7 nitrogen and oxygen atoms in total. The summed E-state index contributed by atoms with van der Waals surface area (Å²) in [5.74, 6) is 0.416. The number of nitro groups is 1. The number of hydrogen-bond acceptors (Lipinski definition) is 6. The molecule has 0 saturated heterocycles. The molecule has 0 spiro atoms. The molecule has 1 aromatic rings. The normalized spacial score (nSPS) is 13.6. The van der Waals surface area contributed by atoms with Crippen LogP contribution in [0.5, 0.6) is 5.75 Å². The number of ether oxygens (including phenoxy) is 1. The Morgan fingerprint density at radius 1 is 1.45 bits per heavy atom. The summed E-state index contributed by atoms with van der Waals surface area (Å²) >= 11 is 5.93. The predicted molar refractivity (Wildman–Crippen MR) is 86.2 cm³/mol. The fraction of sp³-hybridized carbons (Fsp3) is 0.429. The topological polar surface area (TPSA) is 70.9 Å². The molecule has 8 heteroatoms. The van der Waals surface area contributed by atoms with Gasteiger partial charge in [0, 0.05) is 44.7 Å².